The Morgan fingerprint density at radius 1 is 0.969 bits per heavy atom. The molecule has 0 spiro atoms. The number of nitrogens with zero attached hydrogens (tertiary/aromatic N) is 5. The molecule has 0 bridgehead atoms. The topological polar surface area (TPSA) is 81.0 Å². The maximum Gasteiger partial charge on any atom is 0.264 e. The fourth-order valence-electron chi connectivity index (χ4n) is 3.16. The summed E-state index contributed by atoms with van der Waals surface area (Å²) in [7, 11) is -4.27. The molecule has 1 aromatic heterocycles. The summed E-state index contributed by atoms with van der Waals surface area (Å²) in [5, 5.41) is 11.3. The molecule has 1 heterocycles. The molecule has 0 amide bonds. The van der Waals surface area contributed by atoms with E-state index in [4.69, 9.17) is 11.6 Å². The largest absolute Gasteiger partial charge is 0.264 e. The van der Waals surface area contributed by atoms with Crippen molar-refractivity contribution in [2.24, 2.45) is 0 Å². The van der Waals surface area contributed by atoms with Crippen LogP contribution < -0.4 is 4.31 Å². The smallest absolute Gasteiger partial charge is 0.259 e. The maximum atomic E-state index is 14.7. The van der Waals surface area contributed by atoms with Crippen molar-refractivity contribution in [3.63, 3.8) is 0 Å². The van der Waals surface area contributed by atoms with Gasteiger partial charge in [-0.15, -0.1) is 5.10 Å². The van der Waals surface area contributed by atoms with E-state index in [1.54, 1.807) is 24.3 Å². The summed E-state index contributed by atoms with van der Waals surface area (Å²) in [5.41, 5.74) is 0.884. The van der Waals surface area contributed by atoms with Crippen molar-refractivity contribution in [2.45, 2.75) is 18.0 Å². The highest BCUT2D eigenvalue weighted by Gasteiger charge is 2.28. The molecule has 4 aromatic rings. The Labute approximate surface area is 187 Å². The van der Waals surface area contributed by atoms with E-state index in [0.717, 1.165) is 22.5 Å². The minimum Gasteiger partial charge on any atom is -0.259 e. The number of benzene rings is 3. The maximum absolute atomic E-state index is 14.7. The van der Waals surface area contributed by atoms with Crippen LogP contribution in [0.2, 0.25) is 5.02 Å². The van der Waals surface area contributed by atoms with Gasteiger partial charge in [-0.2, -0.15) is 0 Å². The zero-order chi connectivity index (χ0) is 22.7. The number of anilines is 1. The molecule has 0 aliphatic heterocycles. The van der Waals surface area contributed by atoms with Crippen LogP contribution in [-0.2, 0) is 23.1 Å². The third kappa shape index (κ3) is 4.61. The van der Waals surface area contributed by atoms with Crippen LogP contribution in [0.1, 0.15) is 11.1 Å². The molecular formula is C21H16ClF2N5O2S. The van der Waals surface area contributed by atoms with Gasteiger partial charge in [-0.3, -0.25) is 4.31 Å². The van der Waals surface area contributed by atoms with Gasteiger partial charge in [0.25, 0.3) is 10.0 Å². The number of halogens is 3. The van der Waals surface area contributed by atoms with Crippen molar-refractivity contribution < 1.29 is 17.2 Å². The summed E-state index contributed by atoms with van der Waals surface area (Å²) in [4.78, 5) is -0.108. The van der Waals surface area contributed by atoms with Gasteiger partial charge in [-0.1, -0.05) is 35.9 Å². The standard InChI is InChI=1S/C21H16ClF2N5O2S/c22-17-5-8-19(9-6-17)32(30,31)29(21-11-18(23)7-10-20(21)24)13-16-4-2-1-3-15(16)12-28-14-25-26-27-28/h1-11,14H,12-13H2. The summed E-state index contributed by atoms with van der Waals surface area (Å²) >= 11 is 5.89. The highest BCUT2D eigenvalue weighted by atomic mass is 35.5. The molecule has 0 N–H and O–H groups in total. The number of rotatable bonds is 7. The highest BCUT2D eigenvalue weighted by molar-refractivity contribution is 7.92. The van der Waals surface area contributed by atoms with Crippen LogP contribution in [0.25, 0.3) is 0 Å². The summed E-state index contributed by atoms with van der Waals surface area (Å²) < 4.78 is 58.0. The van der Waals surface area contributed by atoms with E-state index < -0.39 is 27.3 Å². The summed E-state index contributed by atoms with van der Waals surface area (Å²) in [6.07, 6.45) is 1.42. The van der Waals surface area contributed by atoms with Gasteiger partial charge in [0.05, 0.1) is 23.7 Å². The monoisotopic (exact) mass is 475 g/mol. The third-order valence-electron chi connectivity index (χ3n) is 4.73. The van der Waals surface area contributed by atoms with Gasteiger partial charge in [-0.25, -0.2) is 21.9 Å². The van der Waals surface area contributed by atoms with E-state index in [0.29, 0.717) is 16.1 Å². The predicted molar refractivity (Wildman–Crippen MR) is 115 cm³/mol. The molecule has 0 unspecified atom stereocenters. The van der Waals surface area contributed by atoms with Crippen molar-refractivity contribution in [2.75, 3.05) is 4.31 Å². The van der Waals surface area contributed by atoms with Crippen molar-refractivity contribution in [3.05, 3.63) is 101 Å². The van der Waals surface area contributed by atoms with Gasteiger partial charge in [0.15, 0.2) is 0 Å². The lowest BCUT2D eigenvalue weighted by Gasteiger charge is -2.26. The highest BCUT2D eigenvalue weighted by Crippen LogP contribution is 2.30. The second kappa shape index (κ2) is 9.01. The zero-order valence-electron chi connectivity index (χ0n) is 16.4. The summed E-state index contributed by atoms with van der Waals surface area (Å²) in [6, 6.07) is 15.1. The van der Waals surface area contributed by atoms with Crippen molar-refractivity contribution in [1.82, 2.24) is 20.2 Å². The van der Waals surface area contributed by atoms with Crippen LogP contribution in [0, 0.1) is 11.6 Å². The molecule has 4 rings (SSSR count). The Balaban J connectivity index is 1.81. The second-order valence-corrected chi connectivity index (χ2v) is 9.14. The normalized spacial score (nSPS) is 11.5. The second-order valence-electron chi connectivity index (χ2n) is 6.84. The molecule has 0 atom stereocenters. The Bertz CT molecular complexity index is 1330. The van der Waals surface area contributed by atoms with Crippen molar-refractivity contribution in [1.29, 1.82) is 0 Å². The minimum atomic E-state index is -4.27. The van der Waals surface area contributed by atoms with Gasteiger partial charge in [-0.05, 0) is 58.0 Å². The fourth-order valence-corrected chi connectivity index (χ4v) is 4.73. The van der Waals surface area contributed by atoms with Crippen LogP contribution in [0.4, 0.5) is 14.5 Å². The van der Waals surface area contributed by atoms with Crippen molar-refractivity contribution >= 4 is 27.3 Å². The van der Waals surface area contributed by atoms with E-state index in [2.05, 4.69) is 15.5 Å². The first-order chi connectivity index (χ1) is 15.3. The number of hydrogen-bond acceptors (Lipinski definition) is 5. The van der Waals surface area contributed by atoms with Gasteiger partial charge >= 0.3 is 0 Å². The molecule has 0 aliphatic rings. The lowest BCUT2D eigenvalue weighted by molar-refractivity contribution is 0.579. The molecule has 0 saturated carbocycles. The zero-order valence-corrected chi connectivity index (χ0v) is 18.0. The molecule has 7 nitrogen and oxygen atoms in total. The van der Waals surface area contributed by atoms with E-state index >= 15 is 0 Å². The van der Waals surface area contributed by atoms with Gasteiger partial charge in [0.2, 0.25) is 0 Å². The van der Waals surface area contributed by atoms with Gasteiger partial charge in [0.1, 0.15) is 18.0 Å². The fraction of sp³-hybridized carbons (Fsp3) is 0.0952. The molecule has 3 aromatic carbocycles. The van der Waals surface area contributed by atoms with E-state index in [1.807, 2.05) is 0 Å². The first-order valence-corrected chi connectivity index (χ1v) is 11.2. The van der Waals surface area contributed by atoms with Gasteiger partial charge in [0, 0.05) is 11.1 Å². The van der Waals surface area contributed by atoms with Crippen molar-refractivity contribution in [3.8, 4) is 0 Å². The molecule has 0 fully saturated rings. The number of sulfonamides is 1. The lowest BCUT2D eigenvalue weighted by atomic mass is 10.1. The lowest BCUT2D eigenvalue weighted by Crippen LogP contribution is -2.32. The number of tetrazole rings is 1. The Morgan fingerprint density at radius 3 is 2.38 bits per heavy atom. The average molecular weight is 476 g/mol. The predicted octanol–water partition coefficient (Wildman–Crippen LogP) is 4.05. The van der Waals surface area contributed by atoms with Crippen LogP contribution in [0.15, 0.2) is 78.0 Å². The number of aromatic nitrogens is 4. The third-order valence-corrected chi connectivity index (χ3v) is 6.76. The molecule has 0 radical (unpaired) electrons. The summed E-state index contributed by atoms with van der Waals surface area (Å²) in [5.74, 6) is -1.64. The average Bonchev–Trinajstić information content (AvgIpc) is 3.28. The molecule has 32 heavy (non-hydrogen) atoms. The molecular weight excluding hydrogens is 460 g/mol. The quantitative estimate of drug-likeness (QED) is 0.403. The van der Waals surface area contributed by atoms with Crippen LogP contribution in [-0.4, -0.2) is 28.6 Å². The Hall–Kier alpha value is -3.37. The Kier molecular flexibility index (Phi) is 6.15. The van der Waals surface area contributed by atoms with E-state index in [9.17, 15) is 17.2 Å². The molecule has 11 heteroatoms. The first kappa shape index (κ1) is 21.8. The molecule has 0 aliphatic carbocycles. The Morgan fingerprint density at radius 2 is 1.69 bits per heavy atom. The summed E-state index contributed by atoms with van der Waals surface area (Å²) in [6.45, 7) is 0.0211. The van der Waals surface area contributed by atoms with Crippen LogP contribution >= 0.6 is 11.6 Å². The van der Waals surface area contributed by atoms with Crippen LogP contribution in [0.5, 0.6) is 0 Å². The molecule has 164 valence electrons. The van der Waals surface area contributed by atoms with Gasteiger partial charge < -0.3 is 0 Å². The van der Waals surface area contributed by atoms with E-state index in [1.165, 1.54) is 35.3 Å². The number of hydrogen-bond donors (Lipinski definition) is 0. The molecule has 0 saturated heterocycles. The minimum absolute atomic E-state index is 0.108. The SMILES string of the molecule is O=S(=O)(c1ccc(Cl)cc1)N(Cc1ccccc1Cn1cnnn1)c1cc(F)ccc1F. The van der Waals surface area contributed by atoms with Crippen LogP contribution in [0.3, 0.4) is 0 Å². The first-order valence-electron chi connectivity index (χ1n) is 9.35. The van der Waals surface area contributed by atoms with E-state index in [-0.39, 0.29) is 18.0 Å².